The van der Waals surface area contributed by atoms with Gasteiger partial charge in [0.15, 0.2) is 11.4 Å². The molecule has 1 saturated heterocycles. The second-order valence-electron chi connectivity index (χ2n) is 8.70. The van der Waals surface area contributed by atoms with Crippen LogP contribution in [0.2, 0.25) is 0 Å². The molecule has 28 heavy (non-hydrogen) atoms. The Morgan fingerprint density at radius 2 is 2.04 bits per heavy atom. The Morgan fingerprint density at radius 3 is 2.71 bits per heavy atom. The van der Waals surface area contributed by atoms with Crippen molar-refractivity contribution in [3.8, 4) is 0 Å². The molecule has 1 aliphatic heterocycles. The number of methoxy groups -OCH3 is 1. The average Bonchev–Trinajstić information content (AvgIpc) is 3.36. The molecule has 6 heteroatoms. The predicted octanol–water partition coefficient (Wildman–Crippen LogP) is 3.97. The highest BCUT2D eigenvalue weighted by Crippen LogP contribution is 2.36. The zero-order chi connectivity index (χ0) is 19.9. The van der Waals surface area contributed by atoms with Gasteiger partial charge in [-0.3, -0.25) is 9.69 Å². The molecule has 1 unspecified atom stereocenters. The average molecular weight is 380 g/mol. The van der Waals surface area contributed by atoms with Crippen LogP contribution in [-0.2, 0) is 4.74 Å². The summed E-state index contributed by atoms with van der Waals surface area (Å²) in [6.45, 7) is 7.84. The highest BCUT2D eigenvalue weighted by Gasteiger charge is 2.38. The normalized spacial score (nSPS) is 23.4. The molecule has 1 fully saturated rings. The summed E-state index contributed by atoms with van der Waals surface area (Å²) < 4.78 is 5.98. The van der Waals surface area contributed by atoms with E-state index in [1.807, 2.05) is 26.8 Å². The summed E-state index contributed by atoms with van der Waals surface area (Å²) in [6.07, 6.45) is 12.9. The molecular weight excluding hydrogens is 352 g/mol. The van der Waals surface area contributed by atoms with Gasteiger partial charge in [0.25, 0.3) is 0 Å². The van der Waals surface area contributed by atoms with E-state index in [2.05, 4.69) is 27.0 Å². The maximum atomic E-state index is 12.8. The molecule has 0 bridgehead atoms. The molecule has 1 N–H and O–H groups in total. The van der Waals surface area contributed by atoms with E-state index in [4.69, 9.17) is 9.72 Å². The molecule has 148 valence electrons. The van der Waals surface area contributed by atoms with Crippen molar-refractivity contribution in [3.05, 3.63) is 41.9 Å². The largest absolute Gasteiger partial charge is 0.360 e. The first-order chi connectivity index (χ1) is 13.3. The lowest BCUT2D eigenvalue weighted by Crippen LogP contribution is -2.48. The Labute approximate surface area is 165 Å². The molecule has 0 saturated carbocycles. The fourth-order valence-corrected chi connectivity index (χ4v) is 4.09. The molecule has 2 aromatic heterocycles. The van der Waals surface area contributed by atoms with Gasteiger partial charge in [-0.25, -0.2) is 9.97 Å². The Balaban J connectivity index is 1.70. The van der Waals surface area contributed by atoms with Crippen LogP contribution in [0.3, 0.4) is 0 Å². The summed E-state index contributed by atoms with van der Waals surface area (Å²) >= 11 is 0. The number of Topliss-reactive ketones (excluding diaryl/α,β-unsaturated/α-hetero) is 1. The second kappa shape index (κ2) is 6.94. The lowest BCUT2D eigenvalue weighted by Gasteiger charge is -2.40. The molecule has 0 amide bonds. The SMILES string of the molecule is COC1(N2CCCC2)C=CC=C(c2cnc3[nH]cc(C(=O)C(C)(C)C)c3n2)C1. The molecule has 1 aliphatic carbocycles. The number of hydrogen-bond donors (Lipinski definition) is 1. The number of allylic oxidation sites excluding steroid dienone is 2. The minimum atomic E-state index is -0.472. The van der Waals surface area contributed by atoms with Crippen LogP contribution in [0, 0.1) is 5.41 Å². The summed E-state index contributed by atoms with van der Waals surface area (Å²) in [5, 5.41) is 0. The van der Waals surface area contributed by atoms with Gasteiger partial charge in [0, 0.05) is 38.2 Å². The van der Waals surface area contributed by atoms with E-state index in [-0.39, 0.29) is 5.78 Å². The van der Waals surface area contributed by atoms with Gasteiger partial charge in [-0.2, -0.15) is 0 Å². The van der Waals surface area contributed by atoms with Crippen LogP contribution in [0.15, 0.2) is 30.6 Å². The van der Waals surface area contributed by atoms with E-state index < -0.39 is 11.1 Å². The Bertz CT molecular complexity index is 961. The number of ketones is 1. The third-order valence-corrected chi connectivity index (χ3v) is 5.73. The first-order valence-corrected chi connectivity index (χ1v) is 9.92. The van der Waals surface area contributed by atoms with E-state index in [0.29, 0.717) is 23.1 Å². The molecule has 0 radical (unpaired) electrons. The zero-order valence-corrected chi connectivity index (χ0v) is 17.1. The fourth-order valence-electron chi connectivity index (χ4n) is 4.09. The summed E-state index contributed by atoms with van der Waals surface area (Å²) in [6, 6.07) is 0. The summed E-state index contributed by atoms with van der Waals surface area (Å²) in [5.74, 6) is 0.0611. The van der Waals surface area contributed by atoms with Crippen LogP contribution in [0.5, 0.6) is 0 Å². The number of likely N-dealkylation sites (tertiary alicyclic amines) is 1. The van der Waals surface area contributed by atoms with Crippen molar-refractivity contribution >= 4 is 22.5 Å². The smallest absolute Gasteiger partial charge is 0.171 e. The molecular formula is C22H28N4O2. The first-order valence-electron chi connectivity index (χ1n) is 9.92. The summed E-state index contributed by atoms with van der Waals surface area (Å²) in [4.78, 5) is 27.6. The molecule has 1 atom stereocenters. The third-order valence-electron chi connectivity index (χ3n) is 5.73. The topological polar surface area (TPSA) is 71.1 Å². The van der Waals surface area contributed by atoms with Gasteiger partial charge >= 0.3 is 0 Å². The van der Waals surface area contributed by atoms with Crippen LogP contribution in [0.1, 0.15) is 56.1 Å². The number of H-pyrrole nitrogens is 1. The maximum Gasteiger partial charge on any atom is 0.171 e. The van der Waals surface area contributed by atoms with Gasteiger partial charge in [0.05, 0.1) is 17.5 Å². The number of aromatic amines is 1. The fraction of sp³-hybridized carbons (Fsp3) is 0.500. The number of ether oxygens (including phenoxy) is 1. The number of aromatic nitrogens is 3. The minimum Gasteiger partial charge on any atom is -0.360 e. The van der Waals surface area contributed by atoms with Crippen LogP contribution in [0.4, 0.5) is 0 Å². The van der Waals surface area contributed by atoms with Crippen molar-refractivity contribution in [3.63, 3.8) is 0 Å². The lowest BCUT2D eigenvalue weighted by atomic mass is 9.87. The molecule has 3 heterocycles. The number of carbonyl (C=O) groups is 1. The number of nitrogens with zero attached hydrogens (tertiary/aromatic N) is 3. The van der Waals surface area contributed by atoms with Crippen molar-refractivity contribution in [1.82, 2.24) is 19.9 Å². The highest BCUT2D eigenvalue weighted by atomic mass is 16.5. The lowest BCUT2D eigenvalue weighted by molar-refractivity contribution is -0.0848. The van der Waals surface area contributed by atoms with Crippen LogP contribution in [-0.4, -0.2) is 51.6 Å². The van der Waals surface area contributed by atoms with Gasteiger partial charge in [0.2, 0.25) is 0 Å². The van der Waals surface area contributed by atoms with Crippen molar-refractivity contribution in [1.29, 1.82) is 0 Å². The van der Waals surface area contributed by atoms with Crippen molar-refractivity contribution in [2.45, 2.75) is 45.8 Å². The quantitative estimate of drug-likeness (QED) is 0.813. The zero-order valence-electron chi connectivity index (χ0n) is 17.1. The molecule has 2 aliphatic rings. The van der Waals surface area contributed by atoms with Gasteiger partial charge in [-0.15, -0.1) is 0 Å². The van der Waals surface area contributed by atoms with E-state index in [1.165, 1.54) is 12.8 Å². The van der Waals surface area contributed by atoms with E-state index in [9.17, 15) is 4.79 Å². The van der Waals surface area contributed by atoms with Crippen LogP contribution in [0.25, 0.3) is 16.7 Å². The number of rotatable bonds is 4. The molecule has 6 nitrogen and oxygen atoms in total. The van der Waals surface area contributed by atoms with E-state index in [0.717, 1.165) is 24.4 Å². The first kappa shape index (κ1) is 19.0. The minimum absolute atomic E-state index is 0.0611. The highest BCUT2D eigenvalue weighted by molar-refractivity contribution is 6.08. The standard InChI is InChI=1S/C22H28N4O2/c1-21(2,3)19(27)16-13-23-20-18(16)25-17(14-24-20)15-8-7-9-22(12-15,28-4)26-10-5-6-11-26/h7-9,13-14H,5-6,10-12H2,1-4H3,(H,23,24). The number of fused-ring (bicyclic) bond motifs is 1. The van der Waals surface area contributed by atoms with Gasteiger partial charge in [-0.1, -0.05) is 32.9 Å². The second-order valence-corrected chi connectivity index (χ2v) is 8.70. The molecule has 0 spiro atoms. The molecule has 0 aromatic carbocycles. The molecule has 2 aromatic rings. The van der Waals surface area contributed by atoms with Crippen LogP contribution < -0.4 is 0 Å². The van der Waals surface area contributed by atoms with Crippen molar-refractivity contribution in [2.24, 2.45) is 5.41 Å². The number of hydrogen-bond acceptors (Lipinski definition) is 5. The Morgan fingerprint density at radius 1 is 1.29 bits per heavy atom. The van der Waals surface area contributed by atoms with Gasteiger partial charge in [-0.05, 0) is 24.5 Å². The van der Waals surface area contributed by atoms with Gasteiger partial charge < -0.3 is 9.72 Å². The van der Waals surface area contributed by atoms with E-state index in [1.54, 1.807) is 19.5 Å². The monoisotopic (exact) mass is 380 g/mol. The van der Waals surface area contributed by atoms with E-state index >= 15 is 0 Å². The molecule has 4 rings (SSSR count). The predicted molar refractivity (Wildman–Crippen MR) is 110 cm³/mol. The van der Waals surface area contributed by atoms with Gasteiger partial charge in [0.1, 0.15) is 11.2 Å². The third kappa shape index (κ3) is 3.20. The Kier molecular flexibility index (Phi) is 4.71. The van der Waals surface area contributed by atoms with Crippen LogP contribution >= 0.6 is 0 Å². The number of nitrogens with one attached hydrogen (secondary N) is 1. The Hall–Kier alpha value is -2.31. The van der Waals surface area contributed by atoms with Crippen molar-refractivity contribution in [2.75, 3.05) is 20.2 Å². The summed E-state index contributed by atoms with van der Waals surface area (Å²) in [7, 11) is 1.77. The van der Waals surface area contributed by atoms with Crippen molar-refractivity contribution < 1.29 is 9.53 Å². The summed E-state index contributed by atoms with van der Waals surface area (Å²) in [5.41, 5.74) is 2.83. The maximum absolute atomic E-state index is 12.8. The number of carbonyl (C=O) groups excluding carboxylic acids is 1.